The second-order valence-corrected chi connectivity index (χ2v) is 5.36. The molecule has 18 heavy (non-hydrogen) atoms. The molecule has 0 aromatic heterocycles. The van der Waals surface area contributed by atoms with Gasteiger partial charge < -0.3 is 5.32 Å². The van der Waals surface area contributed by atoms with Gasteiger partial charge in [-0.3, -0.25) is 9.59 Å². The van der Waals surface area contributed by atoms with Crippen molar-refractivity contribution < 1.29 is 9.59 Å². The standard InChI is InChI=1S/C15H19NO2/c1-10(2)14(18)16-15(8-9-15)13-6-4-12(5-7-13)11(3)17/h4-7,10H,8-9H2,1-3H3,(H,16,18). The van der Waals surface area contributed by atoms with Crippen molar-refractivity contribution in [2.75, 3.05) is 0 Å². The zero-order valence-electron chi connectivity index (χ0n) is 11.1. The molecule has 1 saturated carbocycles. The van der Waals surface area contributed by atoms with Crippen LogP contribution in [0.15, 0.2) is 24.3 Å². The minimum Gasteiger partial charge on any atom is -0.346 e. The van der Waals surface area contributed by atoms with E-state index < -0.39 is 0 Å². The zero-order valence-corrected chi connectivity index (χ0v) is 11.1. The molecular formula is C15H19NO2. The van der Waals surface area contributed by atoms with Crippen LogP contribution in [0.3, 0.4) is 0 Å². The molecule has 1 aliphatic carbocycles. The fraction of sp³-hybridized carbons (Fsp3) is 0.467. The Morgan fingerprint density at radius 2 is 1.72 bits per heavy atom. The molecule has 3 nitrogen and oxygen atoms in total. The van der Waals surface area contributed by atoms with Gasteiger partial charge in [-0.1, -0.05) is 38.1 Å². The summed E-state index contributed by atoms with van der Waals surface area (Å²) in [5.74, 6) is 0.153. The lowest BCUT2D eigenvalue weighted by molar-refractivity contribution is -0.125. The lowest BCUT2D eigenvalue weighted by Gasteiger charge is -2.19. The summed E-state index contributed by atoms with van der Waals surface area (Å²) in [6.45, 7) is 5.34. The minimum absolute atomic E-state index is 0.000956. The topological polar surface area (TPSA) is 46.2 Å². The van der Waals surface area contributed by atoms with Gasteiger partial charge in [0.15, 0.2) is 5.78 Å². The lowest BCUT2D eigenvalue weighted by atomic mass is 10.0. The van der Waals surface area contributed by atoms with E-state index in [1.165, 1.54) is 0 Å². The molecule has 1 aromatic carbocycles. The molecule has 96 valence electrons. The Morgan fingerprint density at radius 1 is 1.17 bits per heavy atom. The van der Waals surface area contributed by atoms with Gasteiger partial charge in [0.2, 0.25) is 5.91 Å². The maximum absolute atomic E-state index is 11.8. The van der Waals surface area contributed by atoms with Crippen LogP contribution >= 0.6 is 0 Å². The highest BCUT2D eigenvalue weighted by atomic mass is 16.2. The van der Waals surface area contributed by atoms with Crippen LogP contribution in [0.2, 0.25) is 0 Å². The molecule has 1 N–H and O–H groups in total. The van der Waals surface area contributed by atoms with Gasteiger partial charge in [0.1, 0.15) is 0 Å². The molecule has 0 heterocycles. The Hall–Kier alpha value is -1.64. The molecule has 1 aliphatic rings. The summed E-state index contributed by atoms with van der Waals surface area (Å²) < 4.78 is 0. The van der Waals surface area contributed by atoms with Crippen molar-refractivity contribution in [3.63, 3.8) is 0 Å². The number of rotatable bonds is 4. The Kier molecular flexibility index (Phi) is 3.24. The van der Waals surface area contributed by atoms with E-state index in [4.69, 9.17) is 0 Å². The predicted octanol–water partition coefficient (Wildman–Crippen LogP) is 2.65. The highest BCUT2D eigenvalue weighted by molar-refractivity contribution is 5.94. The van der Waals surface area contributed by atoms with Gasteiger partial charge in [0.25, 0.3) is 0 Å². The van der Waals surface area contributed by atoms with E-state index in [0.29, 0.717) is 5.56 Å². The van der Waals surface area contributed by atoms with Crippen LogP contribution in [0.4, 0.5) is 0 Å². The van der Waals surface area contributed by atoms with Crippen LogP contribution < -0.4 is 5.32 Å². The molecule has 1 aromatic rings. The number of Topliss-reactive ketones (excluding diaryl/α,β-unsaturated/α-hetero) is 1. The first kappa shape index (κ1) is 12.8. The Labute approximate surface area is 108 Å². The fourth-order valence-electron chi connectivity index (χ4n) is 2.01. The number of ketones is 1. The van der Waals surface area contributed by atoms with Crippen molar-refractivity contribution in [1.82, 2.24) is 5.32 Å². The number of nitrogens with one attached hydrogen (secondary N) is 1. The molecule has 2 rings (SSSR count). The van der Waals surface area contributed by atoms with Crippen LogP contribution in [0, 0.1) is 5.92 Å². The minimum atomic E-state index is -0.184. The van der Waals surface area contributed by atoms with Crippen LogP contribution in [0.1, 0.15) is 49.5 Å². The third kappa shape index (κ3) is 2.45. The van der Waals surface area contributed by atoms with E-state index in [1.54, 1.807) is 6.92 Å². The smallest absolute Gasteiger partial charge is 0.223 e. The van der Waals surface area contributed by atoms with E-state index in [0.717, 1.165) is 18.4 Å². The molecule has 0 bridgehead atoms. The number of hydrogen-bond donors (Lipinski definition) is 1. The Morgan fingerprint density at radius 3 is 2.11 bits per heavy atom. The molecule has 0 unspecified atom stereocenters. The number of carbonyl (C=O) groups excluding carboxylic acids is 2. The first-order valence-corrected chi connectivity index (χ1v) is 6.38. The molecule has 0 spiro atoms. The average Bonchev–Trinajstić information content (AvgIpc) is 3.10. The second-order valence-electron chi connectivity index (χ2n) is 5.36. The van der Waals surface area contributed by atoms with Gasteiger partial charge >= 0.3 is 0 Å². The maximum Gasteiger partial charge on any atom is 0.223 e. The first-order chi connectivity index (χ1) is 8.44. The zero-order chi connectivity index (χ0) is 13.3. The van der Waals surface area contributed by atoms with Gasteiger partial charge in [0.05, 0.1) is 5.54 Å². The van der Waals surface area contributed by atoms with Crippen LogP contribution in [-0.4, -0.2) is 11.7 Å². The van der Waals surface area contributed by atoms with E-state index in [-0.39, 0.29) is 23.1 Å². The monoisotopic (exact) mass is 245 g/mol. The quantitative estimate of drug-likeness (QED) is 0.829. The second kappa shape index (κ2) is 4.56. The third-order valence-corrected chi connectivity index (χ3v) is 3.48. The summed E-state index contributed by atoms with van der Waals surface area (Å²) in [7, 11) is 0. The van der Waals surface area contributed by atoms with Crippen molar-refractivity contribution in [2.45, 2.75) is 39.2 Å². The summed E-state index contributed by atoms with van der Waals surface area (Å²) >= 11 is 0. The highest BCUT2D eigenvalue weighted by Gasteiger charge is 2.45. The lowest BCUT2D eigenvalue weighted by Crippen LogP contribution is -2.37. The van der Waals surface area contributed by atoms with E-state index in [1.807, 2.05) is 38.1 Å². The molecule has 0 atom stereocenters. The molecular weight excluding hydrogens is 226 g/mol. The van der Waals surface area contributed by atoms with Gasteiger partial charge in [-0.15, -0.1) is 0 Å². The third-order valence-electron chi connectivity index (χ3n) is 3.48. The van der Waals surface area contributed by atoms with Crippen molar-refractivity contribution in [3.05, 3.63) is 35.4 Å². The maximum atomic E-state index is 11.8. The van der Waals surface area contributed by atoms with Crippen LogP contribution in [-0.2, 0) is 10.3 Å². The molecule has 0 aliphatic heterocycles. The molecule has 0 radical (unpaired) electrons. The molecule has 0 saturated heterocycles. The SMILES string of the molecule is CC(=O)c1ccc(C2(NC(=O)C(C)C)CC2)cc1. The van der Waals surface area contributed by atoms with Gasteiger partial charge in [-0.05, 0) is 25.3 Å². The van der Waals surface area contributed by atoms with Crippen LogP contribution in [0.25, 0.3) is 0 Å². The number of hydrogen-bond acceptors (Lipinski definition) is 2. The van der Waals surface area contributed by atoms with Crippen molar-refractivity contribution in [3.8, 4) is 0 Å². The van der Waals surface area contributed by atoms with E-state index in [2.05, 4.69) is 5.32 Å². The van der Waals surface area contributed by atoms with E-state index >= 15 is 0 Å². The average molecular weight is 245 g/mol. The number of benzene rings is 1. The van der Waals surface area contributed by atoms with Gasteiger partial charge in [-0.2, -0.15) is 0 Å². The summed E-state index contributed by atoms with van der Waals surface area (Å²) in [6, 6.07) is 7.56. The van der Waals surface area contributed by atoms with Crippen molar-refractivity contribution in [1.29, 1.82) is 0 Å². The van der Waals surface area contributed by atoms with E-state index in [9.17, 15) is 9.59 Å². The fourth-order valence-corrected chi connectivity index (χ4v) is 2.01. The molecule has 1 fully saturated rings. The normalized spacial score (nSPS) is 16.4. The van der Waals surface area contributed by atoms with Gasteiger partial charge in [0, 0.05) is 11.5 Å². The first-order valence-electron chi connectivity index (χ1n) is 6.38. The Bertz CT molecular complexity index is 470. The number of amides is 1. The molecule has 3 heteroatoms. The van der Waals surface area contributed by atoms with Gasteiger partial charge in [-0.25, -0.2) is 0 Å². The summed E-state index contributed by atoms with van der Waals surface area (Å²) in [4.78, 5) is 23.0. The summed E-state index contributed by atoms with van der Waals surface area (Å²) in [5.41, 5.74) is 1.63. The largest absolute Gasteiger partial charge is 0.346 e. The predicted molar refractivity (Wildman–Crippen MR) is 70.3 cm³/mol. The molecule has 1 amide bonds. The number of carbonyl (C=O) groups is 2. The van der Waals surface area contributed by atoms with Crippen molar-refractivity contribution >= 4 is 11.7 Å². The summed E-state index contributed by atoms with van der Waals surface area (Å²) in [5, 5.41) is 3.11. The highest BCUT2D eigenvalue weighted by Crippen LogP contribution is 2.45. The summed E-state index contributed by atoms with van der Waals surface area (Å²) in [6.07, 6.45) is 1.95. The Balaban J connectivity index is 2.16. The van der Waals surface area contributed by atoms with Crippen molar-refractivity contribution in [2.24, 2.45) is 5.92 Å². The van der Waals surface area contributed by atoms with Crippen LogP contribution in [0.5, 0.6) is 0 Å².